The summed E-state index contributed by atoms with van der Waals surface area (Å²) in [6, 6.07) is 0. The minimum absolute atomic E-state index is 0.0579. The fourth-order valence-electron chi connectivity index (χ4n) is 0.797. The normalized spacial score (nSPS) is 11.8. The van der Waals surface area contributed by atoms with Crippen molar-refractivity contribution in [2.24, 2.45) is 5.92 Å². The fraction of sp³-hybridized carbons (Fsp3) is 0.500. The molecule has 0 rings (SSSR count). The lowest BCUT2D eigenvalue weighted by Crippen LogP contribution is -2.06. The molecule has 0 aliphatic carbocycles. The number of aliphatic carboxylic acids is 2. The Kier molecular flexibility index (Phi) is 4.04. The van der Waals surface area contributed by atoms with Crippen molar-refractivity contribution >= 4 is 11.9 Å². The molecule has 0 saturated carbocycles. The van der Waals surface area contributed by atoms with Gasteiger partial charge >= 0.3 is 11.9 Å². The van der Waals surface area contributed by atoms with Crippen molar-refractivity contribution in [3.63, 3.8) is 0 Å². The number of rotatable bonds is 4. The first-order chi connectivity index (χ1) is 5.43. The predicted molar refractivity (Wildman–Crippen MR) is 42.8 cm³/mol. The molecule has 68 valence electrons. The monoisotopic (exact) mass is 172 g/mol. The summed E-state index contributed by atoms with van der Waals surface area (Å²) in [6.45, 7) is 3.66. The third-order valence-corrected chi connectivity index (χ3v) is 1.20. The molecule has 0 spiro atoms. The van der Waals surface area contributed by atoms with Crippen LogP contribution in [0.3, 0.4) is 0 Å². The van der Waals surface area contributed by atoms with E-state index >= 15 is 0 Å². The van der Waals surface area contributed by atoms with Crippen molar-refractivity contribution in [2.45, 2.75) is 20.3 Å². The standard InChI is InChI=1S/C8H12O4/c1-5(2)3-6(8(11)12)4-7(9)10/h4-5H,3H2,1-2H3,(H,9,10)(H,11,12)/b6-4+. The second kappa shape index (κ2) is 4.54. The molecule has 0 bridgehead atoms. The molecule has 0 aliphatic heterocycles. The molecule has 2 N–H and O–H groups in total. The molecule has 0 aromatic rings. The van der Waals surface area contributed by atoms with E-state index in [1.807, 2.05) is 13.8 Å². The van der Waals surface area contributed by atoms with Crippen LogP contribution in [0.2, 0.25) is 0 Å². The van der Waals surface area contributed by atoms with Gasteiger partial charge in [0.25, 0.3) is 0 Å². The fourth-order valence-corrected chi connectivity index (χ4v) is 0.797. The Morgan fingerprint density at radius 3 is 2.08 bits per heavy atom. The summed E-state index contributed by atoms with van der Waals surface area (Å²) in [5, 5.41) is 16.8. The van der Waals surface area contributed by atoms with E-state index < -0.39 is 11.9 Å². The Morgan fingerprint density at radius 2 is 1.83 bits per heavy atom. The Balaban J connectivity index is 4.44. The van der Waals surface area contributed by atoms with Crippen LogP contribution in [0.15, 0.2) is 11.6 Å². The Hall–Kier alpha value is -1.32. The molecule has 12 heavy (non-hydrogen) atoms. The second-order valence-electron chi connectivity index (χ2n) is 2.91. The van der Waals surface area contributed by atoms with Crippen molar-refractivity contribution in [3.05, 3.63) is 11.6 Å². The summed E-state index contributed by atoms with van der Waals surface area (Å²) in [7, 11) is 0. The molecule has 0 atom stereocenters. The van der Waals surface area contributed by atoms with Crippen molar-refractivity contribution in [3.8, 4) is 0 Å². The summed E-state index contributed by atoms with van der Waals surface area (Å²) in [5.74, 6) is -2.23. The molecule has 0 aromatic heterocycles. The number of carboxylic acids is 2. The van der Waals surface area contributed by atoms with Gasteiger partial charge < -0.3 is 10.2 Å². The van der Waals surface area contributed by atoms with E-state index in [4.69, 9.17) is 10.2 Å². The average molecular weight is 172 g/mol. The van der Waals surface area contributed by atoms with Gasteiger partial charge in [-0.2, -0.15) is 0 Å². The third kappa shape index (κ3) is 4.49. The van der Waals surface area contributed by atoms with Crippen molar-refractivity contribution in [1.29, 1.82) is 0 Å². The quantitative estimate of drug-likeness (QED) is 0.623. The second-order valence-corrected chi connectivity index (χ2v) is 2.91. The van der Waals surface area contributed by atoms with Crippen LogP contribution in [0.25, 0.3) is 0 Å². The molecular formula is C8H12O4. The van der Waals surface area contributed by atoms with Crippen LogP contribution >= 0.6 is 0 Å². The van der Waals surface area contributed by atoms with Crippen molar-refractivity contribution in [1.82, 2.24) is 0 Å². The van der Waals surface area contributed by atoms with Crippen molar-refractivity contribution < 1.29 is 19.8 Å². The molecule has 0 heterocycles. The van der Waals surface area contributed by atoms with E-state index in [0.29, 0.717) is 0 Å². The number of carbonyl (C=O) groups is 2. The van der Waals surface area contributed by atoms with Crippen LogP contribution in [-0.2, 0) is 9.59 Å². The van der Waals surface area contributed by atoms with E-state index in [1.54, 1.807) is 0 Å². The zero-order chi connectivity index (χ0) is 9.72. The molecule has 0 amide bonds. The van der Waals surface area contributed by atoms with Gasteiger partial charge in [0.15, 0.2) is 0 Å². The first-order valence-electron chi connectivity index (χ1n) is 3.60. The predicted octanol–water partition coefficient (Wildman–Crippen LogP) is 1.13. The van der Waals surface area contributed by atoms with Crippen LogP contribution in [0.4, 0.5) is 0 Å². The van der Waals surface area contributed by atoms with Gasteiger partial charge in [0.1, 0.15) is 0 Å². The van der Waals surface area contributed by atoms with Crippen molar-refractivity contribution in [2.75, 3.05) is 0 Å². The zero-order valence-corrected chi connectivity index (χ0v) is 7.07. The summed E-state index contributed by atoms with van der Waals surface area (Å²) in [6.07, 6.45) is 1.02. The van der Waals surface area contributed by atoms with Gasteiger partial charge in [-0.15, -0.1) is 0 Å². The molecule has 0 aliphatic rings. The number of hydrogen-bond donors (Lipinski definition) is 2. The SMILES string of the molecule is CC(C)C/C(=C\C(=O)O)C(=O)O. The molecule has 0 saturated heterocycles. The highest BCUT2D eigenvalue weighted by molar-refractivity contribution is 5.94. The third-order valence-electron chi connectivity index (χ3n) is 1.20. The highest BCUT2D eigenvalue weighted by Crippen LogP contribution is 2.10. The molecule has 4 nitrogen and oxygen atoms in total. The maximum absolute atomic E-state index is 10.4. The van der Waals surface area contributed by atoms with Gasteiger partial charge in [0, 0.05) is 11.6 Å². The van der Waals surface area contributed by atoms with E-state index in [0.717, 1.165) is 6.08 Å². The molecule has 0 radical (unpaired) electrons. The topological polar surface area (TPSA) is 74.6 Å². The summed E-state index contributed by atoms with van der Waals surface area (Å²) in [4.78, 5) is 20.6. The Bertz CT molecular complexity index is 215. The first-order valence-corrected chi connectivity index (χ1v) is 3.60. The van der Waals surface area contributed by atoms with Crippen LogP contribution in [0, 0.1) is 5.92 Å². The van der Waals surface area contributed by atoms with E-state index in [-0.39, 0.29) is 17.9 Å². The van der Waals surface area contributed by atoms with E-state index in [1.165, 1.54) is 0 Å². The maximum atomic E-state index is 10.4. The van der Waals surface area contributed by atoms with E-state index in [9.17, 15) is 9.59 Å². The van der Waals surface area contributed by atoms with Gasteiger partial charge in [-0.3, -0.25) is 0 Å². The molecule has 0 fully saturated rings. The van der Waals surface area contributed by atoms with Gasteiger partial charge in [-0.25, -0.2) is 9.59 Å². The Labute approximate surface area is 70.5 Å². The highest BCUT2D eigenvalue weighted by atomic mass is 16.4. The van der Waals surface area contributed by atoms with Crippen LogP contribution in [-0.4, -0.2) is 22.2 Å². The average Bonchev–Trinajstić information content (AvgIpc) is 1.83. The molecule has 0 aromatic carbocycles. The summed E-state index contributed by atoms with van der Waals surface area (Å²) < 4.78 is 0. The Morgan fingerprint density at radius 1 is 1.33 bits per heavy atom. The zero-order valence-electron chi connectivity index (χ0n) is 7.07. The minimum Gasteiger partial charge on any atom is -0.478 e. The lowest BCUT2D eigenvalue weighted by molar-refractivity contribution is -0.135. The maximum Gasteiger partial charge on any atom is 0.331 e. The lowest BCUT2D eigenvalue weighted by atomic mass is 10.0. The van der Waals surface area contributed by atoms with Crippen LogP contribution in [0.5, 0.6) is 0 Å². The molecule has 4 heteroatoms. The largest absolute Gasteiger partial charge is 0.478 e. The number of carboxylic acid groups (broad SMARTS) is 2. The summed E-state index contributed by atoms with van der Waals surface area (Å²) >= 11 is 0. The number of hydrogen-bond acceptors (Lipinski definition) is 2. The van der Waals surface area contributed by atoms with E-state index in [2.05, 4.69) is 0 Å². The highest BCUT2D eigenvalue weighted by Gasteiger charge is 2.10. The lowest BCUT2D eigenvalue weighted by Gasteiger charge is -2.03. The van der Waals surface area contributed by atoms with Gasteiger partial charge in [-0.1, -0.05) is 13.8 Å². The minimum atomic E-state index is -1.21. The molecule has 0 unspecified atom stereocenters. The van der Waals surface area contributed by atoms with Crippen LogP contribution in [0.1, 0.15) is 20.3 Å². The van der Waals surface area contributed by atoms with Crippen LogP contribution < -0.4 is 0 Å². The molecular weight excluding hydrogens is 160 g/mol. The van der Waals surface area contributed by atoms with Gasteiger partial charge in [0.05, 0.1) is 0 Å². The smallest absolute Gasteiger partial charge is 0.331 e. The van der Waals surface area contributed by atoms with Gasteiger partial charge in [-0.05, 0) is 12.3 Å². The van der Waals surface area contributed by atoms with Gasteiger partial charge in [0.2, 0.25) is 0 Å². The first kappa shape index (κ1) is 10.7. The summed E-state index contributed by atoms with van der Waals surface area (Å²) in [5.41, 5.74) is -0.0579.